The van der Waals surface area contributed by atoms with Crippen LogP contribution in [-0.4, -0.2) is 37.9 Å². The largest absolute Gasteiger partial charge is 0.355 e. The number of nitrogens with one attached hydrogen (secondary N) is 3. The number of aromatic nitrogens is 2. The van der Waals surface area contributed by atoms with E-state index in [4.69, 9.17) is 0 Å². The smallest absolute Gasteiger partial charge is 0.258 e. The standard InChI is InChI=1S/C18H18N4O4S/c1-19-17(23)12-6-8-13(9-7-12)27(25,26)20-11-10-16-21-15-5-3-2-4-14(15)18(24)22-16/h2-9,20H,10-11H2,1H3,(H,19,23)(H,21,22,24). The first-order valence-electron chi connectivity index (χ1n) is 8.20. The van der Waals surface area contributed by atoms with Gasteiger partial charge in [-0.25, -0.2) is 18.1 Å². The molecular weight excluding hydrogens is 368 g/mol. The Bertz CT molecular complexity index is 1140. The monoisotopic (exact) mass is 386 g/mol. The fraction of sp³-hybridized carbons (Fsp3) is 0.167. The topological polar surface area (TPSA) is 121 Å². The highest BCUT2D eigenvalue weighted by Crippen LogP contribution is 2.11. The van der Waals surface area contributed by atoms with Gasteiger partial charge in [0.25, 0.3) is 11.5 Å². The van der Waals surface area contributed by atoms with Crippen molar-refractivity contribution in [2.24, 2.45) is 0 Å². The van der Waals surface area contributed by atoms with Crippen molar-refractivity contribution >= 4 is 26.8 Å². The lowest BCUT2D eigenvalue weighted by molar-refractivity contribution is 0.0963. The van der Waals surface area contributed by atoms with Crippen molar-refractivity contribution in [1.29, 1.82) is 0 Å². The normalized spacial score (nSPS) is 11.4. The van der Waals surface area contributed by atoms with Gasteiger partial charge in [0.15, 0.2) is 0 Å². The molecule has 0 aliphatic rings. The Morgan fingerprint density at radius 1 is 1.11 bits per heavy atom. The van der Waals surface area contributed by atoms with Crippen LogP contribution in [0.4, 0.5) is 0 Å². The SMILES string of the molecule is CNC(=O)c1ccc(S(=O)(=O)NCCc2nc3ccccc3c(=O)[nH]2)cc1. The molecule has 0 aliphatic heterocycles. The van der Waals surface area contributed by atoms with E-state index in [9.17, 15) is 18.0 Å². The number of rotatable bonds is 6. The predicted molar refractivity (Wildman–Crippen MR) is 101 cm³/mol. The maximum absolute atomic E-state index is 12.3. The van der Waals surface area contributed by atoms with Gasteiger partial charge in [-0.3, -0.25) is 9.59 Å². The van der Waals surface area contributed by atoms with Crippen molar-refractivity contribution < 1.29 is 13.2 Å². The number of carbonyl (C=O) groups is 1. The minimum absolute atomic E-state index is 0.0510. The summed E-state index contributed by atoms with van der Waals surface area (Å²) in [6.45, 7) is 0.0702. The number of benzene rings is 2. The van der Waals surface area contributed by atoms with Crippen LogP contribution in [0.1, 0.15) is 16.2 Å². The number of amides is 1. The third kappa shape index (κ3) is 4.21. The van der Waals surface area contributed by atoms with Gasteiger partial charge in [-0.15, -0.1) is 0 Å². The fourth-order valence-electron chi connectivity index (χ4n) is 2.57. The van der Waals surface area contributed by atoms with E-state index >= 15 is 0 Å². The van der Waals surface area contributed by atoms with E-state index in [-0.39, 0.29) is 29.3 Å². The molecule has 1 heterocycles. The van der Waals surface area contributed by atoms with Gasteiger partial charge in [0.2, 0.25) is 10.0 Å². The molecule has 0 spiro atoms. The Morgan fingerprint density at radius 2 is 1.81 bits per heavy atom. The van der Waals surface area contributed by atoms with Crippen LogP contribution in [0.5, 0.6) is 0 Å². The van der Waals surface area contributed by atoms with Crippen LogP contribution in [0.15, 0.2) is 58.2 Å². The summed E-state index contributed by atoms with van der Waals surface area (Å²) >= 11 is 0. The van der Waals surface area contributed by atoms with Gasteiger partial charge in [-0.2, -0.15) is 0 Å². The summed E-state index contributed by atoms with van der Waals surface area (Å²) in [6, 6.07) is 12.5. The predicted octanol–water partition coefficient (Wildman–Crippen LogP) is 0.804. The lowest BCUT2D eigenvalue weighted by Gasteiger charge is -2.08. The molecule has 2 aromatic carbocycles. The zero-order valence-corrected chi connectivity index (χ0v) is 15.3. The van der Waals surface area contributed by atoms with Crippen molar-refractivity contribution in [3.63, 3.8) is 0 Å². The number of carbonyl (C=O) groups excluding carboxylic acids is 1. The highest BCUT2D eigenvalue weighted by atomic mass is 32.2. The van der Waals surface area contributed by atoms with Gasteiger partial charge >= 0.3 is 0 Å². The summed E-state index contributed by atoms with van der Waals surface area (Å²) in [5.74, 6) is 0.106. The third-order valence-corrected chi connectivity index (χ3v) is 5.45. The molecule has 0 unspecified atom stereocenters. The van der Waals surface area contributed by atoms with Crippen LogP contribution >= 0.6 is 0 Å². The summed E-state index contributed by atoms with van der Waals surface area (Å²) in [6.07, 6.45) is 0.232. The molecule has 27 heavy (non-hydrogen) atoms. The number of aromatic amines is 1. The Balaban J connectivity index is 1.69. The van der Waals surface area contributed by atoms with Gasteiger partial charge in [-0.1, -0.05) is 12.1 Å². The molecule has 0 aliphatic carbocycles. The molecule has 3 aromatic rings. The molecule has 1 amide bonds. The maximum atomic E-state index is 12.3. The number of hydrogen-bond acceptors (Lipinski definition) is 5. The lowest BCUT2D eigenvalue weighted by atomic mass is 10.2. The Labute approximate surface area is 155 Å². The Kier molecular flexibility index (Phi) is 5.33. The van der Waals surface area contributed by atoms with Crippen LogP contribution in [0.3, 0.4) is 0 Å². The second-order valence-electron chi connectivity index (χ2n) is 5.78. The molecule has 140 valence electrons. The summed E-state index contributed by atoms with van der Waals surface area (Å²) in [5.41, 5.74) is 0.668. The molecular formula is C18H18N4O4S. The van der Waals surface area contributed by atoms with E-state index in [2.05, 4.69) is 20.0 Å². The van der Waals surface area contributed by atoms with Gasteiger partial charge in [-0.05, 0) is 36.4 Å². The fourth-order valence-corrected chi connectivity index (χ4v) is 3.60. The van der Waals surface area contributed by atoms with E-state index in [1.54, 1.807) is 24.3 Å². The summed E-state index contributed by atoms with van der Waals surface area (Å²) < 4.78 is 27.2. The first-order chi connectivity index (χ1) is 12.9. The molecule has 1 aromatic heterocycles. The Hall–Kier alpha value is -3.04. The van der Waals surface area contributed by atoms with Crippen molar-refractivity contribution in [2.75, 3.05) is 13.6 Å². The number of nitrogens with zero attached hydrogens (tertiary/aromatic N) is 1. The molecule has 0 bridgehead atoms. The highest BCUT2D eigenvalue weighted by molar-refractivity contribution is 7.89. The quantitative estimate of drug-likeness (QED) is 0.579. The minimum Gasteiger partial charge on any atom is -0.355 e. The summed E-state index contributed by atoms with van der Waals surface area (Å²) in [7, 11) is -2.23. The number of H-pyrrole nitrogens is 1. The summed E-state index contributed by atoms with van der Waals surface area (Å²) in [5, 5.41) is 2.95. The van der Waals surface area contributed by atoms with Gasteiger partial charge in [0.1, 0.15) is 5.82 Å². The second kappa shape index (κ2) is 7.68. The van der Waals surface area contributed by atoms with Gasteiger partial charge in [0, 0.05) is 25.6 Å². The average molecular weight is 386 g/mol. The number of hydrogen-bond donors (Lipinski definition) is 3. The zero-order chi connectivity index (χ0) is 19.4. The molecule has 0 fully saturated rings. The van der Waals surface area contributed by atoms with E-state index in [1.165, 1.54) is 31.3 Å². The van der Waals surface area contributed by atoms with Crippen molar-refractivity contribution in [3.05, 3.63) is 70.3 Å². The number of sulfonamides is 1. The first-order valence-corrected chi connectivity index (χ1v) is 9.69. The van der Waals surface area contributed by atoms with E-state index in [1.807, 2.05) is 0 Å². The first kappa shape index (κ1) is 18.7. The molecule has 0 saturated carbocycles. The molecule has 9 heteroatoms. The highest BCUT2D eigenvalue weighted by Gasteiger charge is 2.14. The number of fused-ring (bicyclic) bond motifs is 1. The van der Waals surface area contributed by atoms with Gasteiger partial charge < -0.3 is 10.3 Å². The van der Waals surface area contributed by atoms with Crippen LogP contribution < -0.4 is 15.6 Å². The van der Waals surface area contributed by atoms with Gasteiger partial charge in [0.05, 0.1) is 15.8 Å². The van der Waals surface area contributed by atoms with Crippen molar-refractivity contribution in [3.8, 4) is 0 Å². The second-order valence-corrected chi connectivity index (χ2v) is 7.55. The Morgan fingerprint density at radius 3 is 2.52 bits per heavy atom. The molecule has 3 rings (SSSR count). The molecule has 0 radical (unpaired) electrons. The lowest BCUT2D eigenvalue weighted by Crippen LogP contribution is -2.27. The van der Waals surface area contributed by atoms with E-state index in [0.29, 0.717) is 22.3 Å². The molecule has 0 saturated heterocycles. The molecule has 8 nitrogen and oxygen atoms in total. The molecule has 3 N–H and O–H groups in total. The van der Waals surface area contributed by atoms with Crippen molar-refractivity contribution in [1.82, 2.24) is 20.0 Å². The van der Waals surface area contributed by atoms with Crippen molar-refractivity contribution in [2.45, 2.75) is 11.3 Å². The number of para-hydroxylation sites is 1. The zero-order valence-electron chi connectivity index (χ0n) is 14.5. The van der Waals surface area contributed by atoms with E-state index in [0.717, 1.165) is 0 Å². The maximum Gasteiger partial charge on any atom is 0.258 e. The average Bonchev–Trinajstić information content (AvgIpc) is 2.67. The third-order valence-electron chi connectivity index (χ3n) is 3.97. The van der Waals surface area contributed by atoms with E-state index < -0.39 is 10.0 Å². The summed E-state index contributed by atoms with van der Waals surface area (Å²) in [4.78, 5) is 30.6. The van der Waals surface area contributed by atoms with Crippen LogP contribution in [0.25, 0.3) is 10.9 Å². The minimum atomic E-state index is -3.73. The van der Waals surface area contributed by atoms with Crippen LogP contribution in [0.2, 0.25) is 0 Å². The van der Waals surface area contributed by atoms with Crippen LogP contribution in [-0.2, 0) is 16.4 Å². The van der Waals surface area contributed by atoms with Crippen LogP contribution in [0, 0.1) is 0 Å². The molecule has 0 atom stereocenters.